The summed E-state index contributed by atoms with van der Waals surface area (Å²) in [7, 11) is 0. The van der Waals surface area contributed by atoms with Gasteiger partial charge in [-0.15, -0.1) is 0 Å². The molecule has 0 fully saturated rings. The van der Waals surface area contributed by atoms with Gasteiger partial charge in [-0.25, -0.2) is 0 Å². The lowest BCUT2D eigenvalue weighted by Gasteiger charge is -2.07. The van der Waals surface area contributed by atoms with Crippen LogP contribution in [0.15, 0.2) is 48.5 Å². The molecule has 31 heavy (non-hydrogen) atoms. The van der Waals surface area contributed by atoms with Crippen LogP contribution in [0.4, 0.5) is 0 Å². The van der Waals surface area contributed by atoms with E-state index < -0.39 is 0 Å². The van der Waals surface area contributed by atoms with E-state index in [1.807, 2.05) is 0 Å². The van der Waals surface area contributed by atoms with Gasteiger partial charge in [-0.05, 0) is 74.6 Å². The molecule has 0 atom stereocenters. The van der Waals surface area contributed by atoms with Crippen molar-refractivity contribution >= 4 is 0 Å². The molecule has 0 aliphatic carbocycles. The molecule has 0 amide bonds. The number of unbranched alkanes of at least 4 members (excludes halogenated alkanes) is 10. The number of aryl methyl sites for hydroxylation is 4. The highest BCUT2D eigenvalue weighted by molar-refractivity contribution is 5.26. The summed E-state index contributed by atoms with van der Waals surface area (Å²) in [5, 5.41) is 0. The van der Waals surface area contributed by atoms with Crippen molar-refractivity contribution < 1.29 is 4.74 Å². The maximum Gasteiger partial charge on any atom is 0.0466 e. The van der Waals surface area contributed by atoms with Crippen LogP contribution in [0.3, 0.4) is 0 Å². The Morgan fingerprint density at radius 2 is 0.806 bits per heavy atom. The van der Waals surface area contributed by atoms with Crippen molar-refractivity contribution in [1.29, 1.82) is 0 Å². The maximum atomic E-state index is 5.83. The molecule has 1 nitrogen and oxygen atoms in total. The molecule has 0 saturated heterocycles. The minimum atomic E-state index is 0.958. The molecule has 0 aliphatic heterocycles. The van der Waals surface area contributed by atoms with Crippen molar-refractivity contribution in [3.63, 3.8) is 0 Å². The summed E-state index contributed by atoms with van der Waals surface area (Å²) < 4.78 is 5.83. The van der Waals surface area contributed by atoms with Crippen LogP contribution in [0, 0.1) is 13.8 Å². The van der Waals surface area contributed by atoms with Gasteiger partial charge in [0.2, 0.25) is 0 Å². The fraction of sp³-hybridized carbons (Fsp3) is 0.600. The maximum absolute atomic E-state index is 5.83. The van der Waals surface area contributed by atoms with Gasteiger partial charge in [0, 0.05) is 13.2 Å². The zero-order valence-corrected chi connectivity index (χ0v) is 20.3. The van der Waals surface area contributed by atoms with Crippen molar-refractivity contribution in [3.8, 4) is 0 Å². The first-order valence-electron chi connectivity index (χ1n) is 12.9. The molecular formula is C30H46O. The van der Waals surface area contributed by atoms with Gasteiger partial charge in [-0.1, -0.05) is 99.9 Å². The zero-order valence-electron chi connectivity index (χ0n) is 20.3. The molecule has 0 N–H and O–H groups in total. The second kappa shape index (κ2) is 17.0. The second-order valence-electron chi connectivity index (χ2n) is 9.21. The standard InChI is InChI=1S/C30H46O/c1-27-19-13-15-23-29(27)21-11-7-3-5-9-17-25-31-26-18-10-6-4-8-12-22-30-24-16-14-20-28(30)2/h13-16,19-20,23-24H,3-12,17-18,21-22,25-26H2,1-2H3. The van der Waals surface area contributed by atoms with E-state index in [1.165, 1.54) is 112 Å². The summed E-state index contributed by atoms with van der Waals surface area (Å²) in [5.74, 6) is 0. The summed E-state index contributed by atoms with van der Waals surface area (Å²) in [6.07, 6.45) is 18.4. The molecule has 172 valence electrons. The molecule has 2 aromatic carbocycles. The van der Waals surface area contributed by atoms with Gasteiger partial charge in [0.05, 0.1) is 0 Å². The summed E-state index contributed by atoms with van der Waals surface area (Å²) in [5.41, 5.74) is 5.94. The average Bonchev–Trinajstić information content (AvgIpc) is 2.78. The van der Waals surface area contributed by atoms with Crippen LogP contribution in [-0.4, -0.2) is 13.2 Å². The smallest absolute Gasteiger partial charge is 0.0466 e. The van der Waals surface area contributed by atoms with Crippen molar-refractivity contribution in [2.75, 3.05) is 13.2 Å². The summed E-state index contributed by atoms with van der Waals surface area (Å²) in [4.78, 5) is 0. The minimum absolute atomic E-state index is 0.958. The van der Waals surface area contributed by atoms with E-state index in [2.05, 4.69) is 62.4 Å². The third-order valence-electron chi connectivity index (χ3n) is 6.49. The quantitative estimate of drug-likeness (QED) is 0.218. The number of rotatable bonds is 18. The molecule has 2 aromatic rings. The van der Waals surface area contributed by atoms with Gasteiger partial charge in [-0.2, -0.15) is 0 Å². The zero-order chi connectivity index (χ0) is 22.0. The van der Waals surface area contributed by atoms with Crippen molar-refractivity contribution in [1.82, 2.24) is 0 Å². The van der Waals surface area contributed by atoms with E-state index in [0.29, 0.717) is 0 Å². The molecule has 0 spiro atoms. The largest absolute Gasteiger partial charge is 0.381 e. The Hall–Kier alpha value is -1.60. The predicted octanol–water partition coefficient (Wildman–Crippen LogP) is 8.79. The van der Waals surface area contributed by atoms with Crippen LogP contribution < -0.4 is 0 Å². The van der Waals surface area contributed by atoms with E-state index in [-0.39, 0.29) is 0 Å². The summed E-state index contributed by atoms with van der Waals surface area (Å²) >= 11 is 0. The lowest BCUT2D eigenvalue weighted by atomic mass is 10.0. The first-order chi connectivity index (χ1) is 15.3. The molecule has 0 bridgehead atoms. The Labute approximate surface area is 192 Å². The fourth-order valence-corrected chi connectivity index (χ4v) is 4.34. The highest BCUT2D eigenvalue weighted by Gasteiger charge is 1.99. The van der Waals surface area contributed by atoms with Gasteiger partial charge in [0.25, 0.3) is 0 Å². The van der Waals surface area contributed by atoms with Crippen LogP contribution >= 0.6 is 0 Å². The molecule has 2 rings (SSSR count). The second-order valence-corrected chi connectivity index (χ2v) is 9.21. The Kier molecular flexibility index (Phi) is 14.1. The van der Waals surface area contributed by atoms with Gasteiger partial charge in [0.15, 0.2) is 0 Å². The minimum Gasteiger partial charge on any atom is -0.381 e. The van der Waals surface area contributed by atoms with Gasteiger partial charge in [0.1, 0.15) is 0 Å². The molecule has 0 saturated carbocycles. The van der Waals surface area contributed by atoms with Crippen LogP contribution in [0.2, 0.25) is 0 Å². The highest BCUT2D eigenvalue weighted by atomic mass is 16.5. The number of ether oxygens (including phenoxy) is 1. The monoisotopic (exact) mass is 422 g/mol. The lowest BCUT2D eigenvalue weighted by Crippen LogP contribution is -1.97. The normalized spacial score (nSPS) is 11.2. The lowest BCUT2D eigenvalue weighted by molar-refractivity contribution is 0.125. The third-order valence-corrected chi connectivity index (χ3v) is 6.49. The number of hydrogen-bond acceptors (Lipinski definition) is 1. The number of benzene rings is 2. The average molecular weight is 423 g/mol. The van der Waals surface area contributed by atoms with Crippen molar-refractivity contribution in [2.24, 2.45) is 0 Å². The highest BCUT2D eigenvalue weighted by Crippen LogP contribution is 2.14. The fourth-order valence-electron chi connectivity index (χ4n) is 4.34. The molecule has 0 aliphatic rings. The number of hydrogen-bond donors (Lipinski definition) is 0. The molecule has 0 unspecified atom stereocenters. The third kappa shape index (κ3) is 12.1. The molecule has 0 radical (unpaired) electrons. The van der Waals surface area contributed by atoms with E-state index in [9.17, 15) is 0 Å². The molecular weight excluding hydrogens is 376 g/mol. The summed E-state index contributed by atoms with van der Waals surface area (Å²) in [6.45, 7) is 6.37. The molecule has 1 heteroatoms. The Morgan fingerprint density at radius 1 is 0.452 bits per heavy atom. The molecule has 0 aromatic heterocycles. The van der Waals surface area contributed by atoms with Crippen LogP contribution in [0.1, 0.15) is 99.3 Å². The van der Waals surface area contributed by atoms with E-state index in [0.717, 1.165) is 13.2 Å². The van der Waals surface area contributed by atoms with E-state index in [4.69, 9.17) is 4.74 Å². The van der Waals surface area contributed by atoms with E-state index in [1.54, 1.807) is 0 Å². The first kappa shape index (κ1) is 25.7. The van der Waals surface area contributed by atoms with Gasteiger partial charge in [-0.3, -0.25) is 0 Å². The predicted molar refractivity (Wildman–Crippen MR) is 136 cm³/mol. The first-order valence-corrected chi connectivity index (χ1v) is 12.9. The van der Waals surface area contributed by atoms with Crippen molar-refractivity contribution in [2.45, 2.75) is 104 Å². The summed E-state index contributed by atoms with van der Waals surface area (Å²) in [6, 6.07) is 17.6. The van der Waals surface area contributed by atoms with Crippen molar-refractivity contribution in [3.05, 3.63) is 70.8 Å². The van der Waals surface area contributed by atoms with Gasteiger partial charge < -0.3 is 4.74 Å². The Balaban J connectivity index is 1.27. The van der Waals surface area contributed by atoms with Crippen LogP contribution in [0.25, 0.3) is 0 Å². The van der Waals surface area contributed by atoms with Gasteiger partial charge >= 0.3 is 0 Å². The van der Waals surface area contributed by atoms with E-state index >= 15 is 0 Å². The van der Waals surface area contributed by atoms with Crippen LogP contribution in [0.5, 0.6) is 0 Å². The molecule has 0 heterocycles. The Bertz CT molecular complexity index is 631. The van der Waals surface area contributed by atoms with Crippen LogP contribution in [-0.2, 0) is 17.6 Å². The Morgan fingerprint density at radius 3 is 1.23 bits per heavy atom. The SMILES string of the molecule is Cc1ccccc1CCCCCCCCOCCCCCCCCc1ccccc1C. The topological polar surface area (TPSA) is 9.23 Å².